The number of nitro groups is 1. The monoisotopic (exact) mass is 256 g/mol. The van der Waals surface area contributed by atoms with Crippen LogP contribution >= 0.6 is 0 Å². The minimum absolute atomic E-state index is 0.151. The second-order valence-electron chi connectivity index (χ2n) is 5.09. The first kappa shape index (κ1) is 12.0. The van der Waals surface area contributed by atoms with Gasteiger partial charge in [0.15, 0.2) is 0 Å². The molecule has 0 spiro atoms. The van der Waals surface area contributed by atoms with Gasteiger partial charge in [-0.15, -0.1) is 0 Å². The summed E-state index contributed by atoms with van der Waals surface area (Å²) in [4.78, 5) is 10.5. The Labute approximate surface area is 111 Å². The van der Waals surface area contributed by atoms with Crippen molar-refractivity contribution in [3.63, 3.8) is 0 Å². The van der Waals surface area contributed by atoms with E-state index in [0.29, 0.717) is 0 Å². The Bertz CT molecular complexity index is 683. The van der Waals surface area contributed by atoms with Gasteiger partial charge < -0.3 is 4.57 Å². The molecule has 4 heteroatoms. The first-order valence-electron chi connectivity index (χ1n) is 6.59. The van der Waals surface area contributed by atoms with Gasteiger partial charge in [0.05, 0.1) is 10.4 Å². The summed E-state index contributed by atoms with van der Waals surface area (Å²) in [6.45, 7) is 0. The van der Waals surface area contributed by atoms with Crippen LogP contribution in [0.1, 0.15) is 31.2 Å². The number of allylic oxidation sites excluding steroid dienone is 2. The zero-order chi connectivity index (χ0) is 13.4. The third kappa shape index (κ3) is 2.03. The van der Waals surface area contributed by atoms with E-state index in [1.54, 1.807) is 12.1 Å². The second kappa shape index (κ2) is 4.53. The van der Waals surface area contributed by atoms with Crippen molar-refractivity contribution >= 4 is 22.2 Å². The Balaban J connectivity index is 2.17. The number of hydrogen-bond acceptors (Lipinski definition) is 2. The van der Waals surface area contributed by atoms with Crippen LogP contribution in [0.3, 0.4) is 0 Å². The zero-order valence-corrected chi connectivity index (χ0v) is 10.9. The Morgan fingerprint density at radius 1 is 1.32 bits per heavy atom. The molecular formula is C15H16N2O2. The highest BCUT2D eigenvalue weighted by atomic mass is 16.6. The first-order valence-corrected chi connectivity index (χ1v) is 6.59. The number of benzene rings is 1. The molecule has 1 aromatic heterocycles. The fourth-order valence-electron chi connectivity index (χ4n) is 2.82. The molecule has 19 heavy (non-hydrogen) atoms. The van der Waals surface area contributed by atoms with Crippen molar-refractivity contribution in [1.29, 1.82) is 0 Å². The van der Waals surface area contributed by atoms with Crippen molar-refractivity contribution in [3.8, 4) is 0 Å². The zero-order valence-electron chi connectivity index (χ0n) is 10.9. The summed E-state index contributed by atoms with van der Waals surface area (Å²) in [5.41, 5.74) is 3.69. The molecular weight excluding hydrogens is 240 g/mol. The second-order valence-corrected chi connectivity index (χ2v) is 5.09. The summed E-state index contributed by atoms with van der Waals surface area (Å²) < 4.78 is 1.98. The molecule has 2 aromatic rings. The molecule has 0 saturated carbocycles. The van der Waals surface area contributed by atoms with Gasteiger partial charge in [0, 0.05) is 36.3 Å². The SMILES string of the molecule is Cn1cc(C2=CCCCC2)c2ccc([N+](=O)[O-])cc21. The third-order valence-electron chi connectivity index (χ3n) is 3.82. The topological polar surface area (TPSA) is 48.1 Å². The van der Waals surface area contributed by atoms with E-state index in [2.05, 4.69) is 12.3 Å². The van der Waals surface area contributed by atoms with E-state index in [1.165, 1.54) is 24.0 Å². The molecule has 4 nitrogen and oxygen atoms in total. The van der Waals surface area contributed by atoms with Gasteiger partial charge in [-0.2, -0.15) is 0 Å². The molecule has 1 aliphatic carbocycles. The van der Waals surface area contributed by atoms with Crippen molar-refractivity contribution in [1.82, 2.24) is 4.57 Å². The molecule has 0 amide bonds. The Morgan fingerprint density at radius 3 is 2.84 bits per heavy atom. The molecule has 0 unspecified atom stereocenters. The molecule has 0 radical (unpaired) electrons. The van der Waals surface area contributed by atoms with Gasteiger partial charge in [-0.05, 0) is 37.3 Å². The van der Waals surface area contributed by atoms with Crippen LogP contribution in [-0.4, -0.2) is 9.49 Å². The minimum atomic E-state index is -0.341. The summed E-state index contributed by atoms with van der Waals surface area (Å²) in [6, 6.07) is 5.12. The summed E-state index contributed by atoms with van der Waals surface area (Å²) in [6.07, 6.45) is 9.13. The molecule has 1 aromatic carbocycles. The Hall–Kier alpha value is -2.10. The van der Waals surface area contributed by atoms with E-state index in [-0.39, 0.29) is 10.6 Å². The molecule has 0 bridgehead atoms. The normalized spacial score (nSPS) is 15.5. The molecule has 3 rings (SSSR count). The van der Waals surface area contributed by atoms with Crippen molar-refractivity contribution in [2.45, 2.75) is 25.7 Å². The smallest absolute Gasteiger partial charge is 0.271 e. The molecule has 0 aliphatic heterocycles. The number of aryl methyl sites for hydroxylation is 1. The number of hydrogen-bond donors (Lipinski definition) is 0. The maximum Gasteiger partial charge on any atom is 0.271 e. The van der Waals surface area contributed by atoms with E-state index in [9.17, 15) is 10.1 Å². The van der Waals surface area contributed by atoms with Crippen molar-refractivity contribution in [2.24, 2.45) is 7.05 Å². The van der Waals surface area contributed by atoms with Crippen molar-refractivity contribution in [2.75, 3.05) is 0 Å². The van der Waals surface area contributed by atoms with Crippen LogP contribution in [0.15, 0.2) is 30.5 Å². The number of non-ortho nitro benzene ring substituents is 1. The largest absolute Gasteiger partial charge is 0.350 e. The van der Waals surface area contributed by atoms with Crippen LogP contribution < -0.4 is 0 Å². The number of nitro benzene ring substituents is 1. The fourth-order valence-corrected chi connectivity index (χ4v) is 2.82. The lowest BCUT2D eigenvalue weighted by molar-refractivity contribution is -0.384. The maximum absolute atomic E-state index is 10.8. The average molecular weight is 256 g/mol. The van der Waals surface area contributed by atoms with Crippen LogP contribution in [0.25, 0.3) is 16.5 Å². The highest BCUT2D eigenvalue weighted by Crippen LogP contribution is 2.34. The van der Waals surface area contributed by atoms with Gasteiger partial charge in [-0.25, -0.2) is 0 Å². The molecule has 1 heterocycles. The van der Waals surface area contributed by atoms with Gasteiger partial charge in [0.1, 0.15) is 0 Å². The molecule has 1 aliphatic rings. The lowest BCUT2D eigenvalue weighted by atomic mass is 9.93. The van der Waals surface area contributed by atoms with E-state index >= 15 is 0 Å². The fraction of sp³-hybridized carbons (Fsp3) is 0.333. The molecule has 0 fully saturated rings. The van der Waals surface area contributed by atoms with Gasteiger partial charge in [0.2, 0.25) is 0 Å². The molecule has 98 valence electrons. The summed E-state index contributed by atoms with van der Waals surface area (Å²) >= 11 is 0. The maximum atomic E-state index is 10.8. The number of nitrogens with zero attached hydrogens (tertiary/aromatic N) is 2. The third-order valence-corrected chi connectivity index (χ3v) is 3.82. The van der Waals surface area contributed by atoms with Crippen molar-refractivity contribution < 1.29 is 4.92 Å². The summed E-state index contributed by atoms with van der Waals surface area (Å²) in [5, 5.41) is 12.0. The van der Waals surface area contributed by atoms with E-state index in [0.717, 1.165) is 23.7 Å². The van der Waals surface area contributed by atoms with E-state index in [1.807, 2.05) is 17.7 Å². The number of rotatable bonds is 2. The lowest BCUT2D eigenvalue weighted by Gasteiger charge is -2.11. The van der Waals surface area contributed by atoms with Gasteiger partial charge in [0.25, 0.3) is 5.69 Å². The number of fused-ring (bicyclic) bond motifs is 1. The predicted octanol–water partition coefficient (Wildman–Crippen LogP) is 4.04. The average Bonchev–Trinajstić information content (AvgIpc) is 2.77. The van der Waals surface area contributed by atoms with Crippen LogP contribution in [0.4, 0.5) is 5.69 Å². The van der Waals surface area contributed by atoms with Crippen LogP contribution in [0, 0.1) is 10.1 Å². The highest BCUT2D eigenvalue weighted by molar-refractivity contribution is 5.94. The Kier molecular flexibility index (Phi) is 2.85. The molecule has 0 atom stereocenters. The van der Waals surface area contributed by atoms with Gasteiger partial charge in [-0.1, -0.05) is 6.08 Å². The minimum Gasteiger partial charge on any atom is -0.350 e. The van der Waals surface area contributed by atoms with E-state index in [4.69, 9.17) is 0 Å². The van der Waals surface area contributed by atoms with Gasteiger partial charge in [-0.3, -0.25) is 10.1 Å². The van der Waals surface area contributed by atoms with Crippen LogP contribution in [-0.2, 0) is 7.05 Å². The quantitative estimate of drug-likeness (QED) is 0.601. The van der Waals surface area contributed by atoms with Gasteiger partial charge >= 0.3 is 0 Å². The highest BCUT2D eigenvalue weighted by Gasteiger charge is 2.15. The van der Waals surface area contributed by atoms with Crippen LogP contribution in [0.5, 0.6) is 0 Å². The van der Waals surface area contributed by atoms with Crippen molar-refractivity contribution in [3.05, 3.63) is 46.1 Å². The summed E-state index contributed by atoms with van der Waals surface area (Å²) in [7, 11) is 1.94. The summed E-state index contributed by atoms with van der Waals surface area (Å²) in [5.74, 6) is 0. The van der Waals surface area contributed by atoms with Crippen LogP contribution in [0.2, 0.25) is 0 Å². The first-order chi connectivity index (χ1) is 9.16. The molecule has 0 N–H and O–H groups in total. The van der Waals surface area contributed by atoms with E-state index < -0.39 is 0 Å². The standard InChI is InChI=1S/C15H16N2O2/c1-16-10-14(11-5-3-2-4-6-11)13-8-7-12(17(18)19)9-15(13)16/h5,7-10H,2-4,6H2,1H3. The number of aromatic nitrogens is 1. The lowest BCUT2D eigenvalue weighted by Crippen LogP contribution is -1.91. The Morgan fingerprint density at radius 2 is 2.16 bits per heavy atom. The predicted molar refractivity (Wildman–Crippen MR) is 76.0 cm³/mol. The molecule has 0 saturated heterocycles.